The summed E-state index contributed by atoms with van der Waals surface area (Å²) < 4.78 is 12.4. The van der Waals surface area contributed by atoms with E-state index in [1.807, 2.05) is 6.07 Å². The Morgan fingerprint density at radius 2 is 2.13 bits per heavy atom. The zero-order valence-corrected chi connectivity index (χ0v) is 16.2. The summed E-state index contributed by atoms with van der Waals surface area (Å²) in [7, 11) is 1.52. The number of nitrogens with one attached hydrogen (secondary N) is 2. The van der Waals surface area contributed by atoms with Gasteiger partial charge in [0.25, 0.3) is 5.91 Å². The molecule has 0 bridgehead atoms. The Labute approximate surface area is 174 Å². The quantitative estimate of drug-likeness (QED) is 0.432. The van der Waals surface area contributed by atoms with Gasteiger partial charge in [0.1, 0.15) is 17.6 Å². The Morgan fingerprint density at radius 1 is 1.29 bits per heavy atom. The minimum atomic E-state index is -1.62. The van der Waals surface area contributed by atoms with Gasteiger partial charge in [-0.2, -0.15) is 5.26 Å². The van der Waals surface area contributed by atoms with E-state index in [9.17, 15) is 14.7 Å². The molecule has 1 saturated heterocycles. The number of aromatic nitrogens is 2. The molecule has 5 rings (SSSR count). The van der Waals surface area contributed by atoms with E-state index in [4.69, 9.17) is 14.4 Å². The number of methoxy groups -OCH3 is 1. The van der Waals surface area contributed by atoms with Gasteiger partial charge in [0.2, 0.25) is 5.71 Å². The molecule has 1 aliphatic rings. The van der Waals surface area contributed by atoms with Crippen molar-refractivity contribution < 1.29 is 23.8 Å². The topological polar surface area (TPSA) is 142 Å². The molecule has 0 aliphatic carbocycles. The number of carbonyl (C=O) groups is 2. The summed E-state index contributed by atoms with van der Waals surface area (Å²) in [6.45, 7) is -0.141. The number of benzene rings is 1. The van der Waals surface area contributed by atoms with Gasteiger partial charge in [-0.3, -0.25) is 10.1 Å². The summed E-state index contributed by atoms with van der Waals surface area (Å²) in [5, 5.41) is 26.5. The number of ether oxygens (including phenoxy) is 1. The predicted octanol–water partition coefficient (Wildman–Crippen LogP) is 2.10. The summed E-state index contributed by atoms with van der Waals surface area (Å²) in [5.74, 6) is -0.0305. The molecule has 0 saturated carbocycles. The summed E-state index contributed by atoms with van der Waals surface area (Å²) in [4.78, 5) is 29.0. The standard InChI is InChI=1S/C21H15N5O5/c1-30-14-3-2-12-9-26(18(27)15(12)6-14)10-21(19(28)24-20(29)25-21)16-5-13-4-11(7-22)8-23-17(13)31-16/h2-6,8-9,27H,10H2,1H3,(H2,24,25,28,29)/t21-/m0/s1. The third-order valence-corrected chi connectivity index (χ3v) is 5.34. The highest BCUT2D eigenvalue weighted by molar-refractivity contribution is 6.07. The molecule has 1 aromatic carbocycles. The number of nitrogens with zero attached hydrogens (tertiary/aromatic N) is 3. The molecule has 1 fully saturated rings. The van der Waals surface area contributed by atoms with Gasteiger partial charge >= 0.3 is 6.03 Å². The van der Waals surface area contributed by atoms with Crippen LogP contribution in [0.1, 0.15) is 11.3 Å². The summed E-state index contributed by atoms with van der Waals surface area (Å²) in [5.41, 5.74) is -1.08. The zero-order chi connectivity index (χ0) is 21.8. The van der Waals surface area contributed by atoms with Crippen molar-refractivity contribution in [3.63, 3.8) is 0 Å². The molecule has 3 amide bonds. The van der Waals surface area contributed by atoms with Crippen LogP contribution < -0.4 is 15.4 Å². The van der Waals surface area contributed by atoms with Crippen LogP contribution in [-0.2, 0) is 16.9 Å². The maximum atomic E-state index is 12.9. The van der Waals surface area contributed by atoms with Crippen LogP contribution in [0.2, 0.25) is 0 Å². The lowest BCUT2D eigenvalue weighted by Gasteiger charge is -2.24. The van der Waals surface area contributed by atoms with Crippen LogP contribution in [0.15, 0.2) is 47.1 Å². The highest BCUT2D eigenvalue weighted by Gasteiger charge is 2.51. The molecular formula is C21H15N5O5. The summed E-state index contributed by atoms with van der Waals surface area (Å²) in [6.07, 6.45) is 3.02. The number of furan rings is 1. The normalized spacial score (nSPS) is 18.2. The SMILES string of the molecule is COc1ccc2cn(C[C@@]3(c4cc5cc(C#N)cnc5o4)NC(=O)NC3=O)c(O)c2c1. The molecule has 1 atom stereocenters. The molecule has 1 aliphatic heterocycles. The molecule has 154 valence electrons. The van der Waals surface area contributed by atoms with Gasteiger partial charge in [0.15, 0.2) is 11.4 Å². The number of nitriles is 1. The largest absolute Gasteiger partial charge is 0.497 e. The van der Waals surface area contributed by atoms with E-state index in [1.54, 1.807) is 36.5 Å². The van der Waals surface area contributed by atoms with Crippen LogP contribution in [0.5, 0.6) is 11.6 Å². The van der Waals surface area contributed by atoms with Crippen LogP contribution in [0.4, 0.5) is 4.79 Å². The van der Waals surface area contributed by atoms with Crippen molar-refractivity contribution in [1.82, 2.24) is 20.2 Å². The fraction of sp³-hybridized carbons (Fsp3) is 0.143. The monoisotopic (exact) mass is 417 g/mol. The lowest BCUT2D eigenvalue weighted by molar-refractivity contribution is -0.125. The smallest absolute Gasteiger partial charge is 0.322 e. The molecule has 10 heteroatoms. The van der Waals surface area contributed by atoms with Crippen LogP contribution in [0, 0.1) is 11.3 Å². The van der Waals surface area contributed by atoms with Gasteiger partial charge in [0, 0.05) is 28.6 Å². The number of pyridine rings is 1. The van der Waals surface area contributed by atoms with E-state index in [2.05, 4.69) is 15.6 Å². The second-order valence-corrected chi connectivity index (χ2v) is 7.19. The number of hydrogen-bond donors (Lipinski definition) is 3. The maximum absolute atomic E-state index is 12.9. The predicted molar refractivity (Wildman–Crippen MR) is 107 cm³/mol. The average molecular weight is 417 g/mol. The van der Waals surface area contributed by atoms with Crippen molar-refractivity contribution in [2.45, 2.75) is 12.1 Å². The van der Waals surface area contributed by atoms with Crippen molar-refractivity contribution in [1.29, 1.82) is 5.26 Å². The molecule has 3 aromatic heterocycles. The van der Waals surface area contributed by atoms with Crippen LogP contribution in [0.3, 0.4) is 0 Å². The number of imide groups is 1. The Balaban J connectivity index is 1.65. The van der Waals surface area contributed by atoms with Crippen LogP contribution in [0.25, 0.3) is 21.9 Å². The molecule has 4 aromatic rings. The molecule has 0 spiro atoms. The fourth-order valence-corrected chi connectivity index (χ4v) is 3.79. The highest BCUT2D eigenvalue weighted by Crippen LogP contribution is 2.36. The third kappa shape index (κ3) is 2.75. The van der Waals surface area contributed by atoms with E-state index in [0.29, 0.717) is 22.1 Å². The zero-order valence-electron chi connectivity index (χ0n) is 16.2. The average Bonchev–Trinajstić information content (AvgIpc) is 3.41. The van der Waals surface area contributed by atoms with E-state index in [0.717, 1.165) is 5.39 Å². The Hall–Kier alpha value is -4.52. The van der Waals surface area contributed by atoms with Gasteiger partial charge in [-0.1, -0.05) is 0 Å². The number of fused-ring (bicyclic) bond motifs is 2. The number of amides is 3. The second kappa shape index (κ2) is 6.50. The molecular weight excluding hydrogens is 402 g/mol. The third-order valence-electron chi connectivity index (χ3n) is 5.34. The number of hydrogen-bond acceptors (Lipinski definition) is 7. The first kappa shape index (κ1) is 18.5. The minimum absolute atomic E-state index is 0.0942. The number of rotatable bonds is 4. The second-order valence-electron chi connectivity index (χ2n) is 7.19. The van der Waals surface area contributed by atoms with E-state index in [1.165, 1.54) is 17.9 Å². The Kier molecular flexibility index (Phi) is 3.88. The van der Waals surface area contributed by atoms with Gasteiger partial charge in [-0.05, 0) is 30.3 Å². The van der Waals surface area contributed by atoms with Gasteiger partial charge < -0.3 is 24.1 Å². The van der Waals surface area contributed by atoms with Gasteiger partial charge in [-0.15, -0.1) is 0 Å². The minimum Gasteiger partial charge on any atom is -0.497 e. The number of aromatic hydroxyl groups is 1. The Bertz CT molecular complexity index is 1430. The van der Waals surface area contributed by atoms with Crippen LogP contribution >= 0.6 is 0 Å². The van der Waals surface area contributed by atoms with Crippen LogP contribution in [-0.4, -0.2) is 33.7 Å². The number of urea groups is 1. The summed E-state index contributed by atoms with van der Waals surface area (Å²) >= 11 is 0. The number of carbonyl (C=O) groups excluding carboxylic acids is 2. The van der Waals surface area contributed by atoms with E-state index >= 15 is 0 Å². The lowest BCUT2D eigenvalue weighted by Crippen LogP contribution is -2.47. The molecule has 4 heterocycles. The molecule has 31 heavy (non-hydrogen) atoms. The van der Waals surface area contributed by atoms with Crippen molar-refractivity contribution in [3.05, 3.63) is 54.0 Å². The highest BCUT2D eigenvalue weighted by atomic mass is 16.5. The molecule has 0 unspecified atom stereocenters. The molecule has 0 radical (unpaired) electrons. The Morgan fingerprint density at radius 3 is 2.84 bits per heavy atom. The lowest BCUT2D eigenvalue weighted by atomic mass is 9.96. The van der Waals surface area contributed by atoms with E-state index in [-0.39, 0.29) is 23.9 Å². The maximum Gasteiger partial charge on any atom is 0.322 e. The van der Waals surface area contributed by atoms with Crippen molar-refractivity contribution >= 4 is 33.8 Å². The first-order valence-electron chi connectivity index (χ1n) is 9.23. The molecule has 3 N–H and O–H groups in total. The first-order valence-corrected chi connectivity index (χ1v) is 9.23. The van der Waals surface area contributed by atoms with Gasteiger partial charge in [-0.25, -0.2) is 9.78 Å². The fourth-order valence-electron chi connectivity index (χ4n) is 3.79. The molecule has 10 nitrogen and oxygen atoms in total. The van der Waals surface area contributed by atoms with Crippen molar-refractivity contribution in [2.75, 3.05) is 7.11 Å². The van der Waals surface area contributed by atoms with E-state index < -0.39 is 17.5 Å². The van der Waals surface area contributed by atoms with Crippen molar-refractivity contribution in [3.8, 4) is 17.7 Å². The van der Waals surface area contributed by atoms with Gasteiger partial charge in [0.05, 0.1) is 19.2 Å². The summed E-state index contributed by atoms with van der Waals surface area (Å²) in [6, 6.07) is 9.64. The first-order chi connectivity index (χ1) is 14.9. The van der Waals surface area contributed by atoms with Crippen molar-refractivity contribution in [2.24, 2.45) is 0 Å².